The third kappa shape index (κ3) is 4.45. The van der Waals surface area contributed by atoms with Gasteiger partial charge in [0.2, 0.25) is 11.9 Å². The van der Waals surface area contributed by atoms with Crippen LogP contribution in [0.1, 0.15) is 10.4 Å². The molecule has 0 atom stereocenters. The summed E-state index contributed by atoms with van der Waals surface area (Å²) in [6.45, 7) is 2.47. The lowest BCUT2D eigenvalue weighted by Gasteiger charge is -2.34. The molecule has 7 nitrogen and oxygen atoms in total. The number of anilines is 1. The van der Waals surface area contributed by atoms with Crippen molar-refractivity contribution in [3.63, 3.8) is 0 Å². The van der Waals surface area contributed by atoms with Gasteiger partial charge in [-0.1, -0.05) is 11.6 Å². The zero-order chi connectivity index (χ0) is 17.6. The Labute approximate surface area is 150 Å². The summed E-state index contributed by atoms with van der Waals surface area (Å²) < 4.78 is 0. The molecule has 1 aromatic heterocycles. The number of benzene rings is 1. The molecular formula is C17H18ClN5O2. The zero-order valence-corrected chi connectivity index (χ0v) is 14.3. The van der Waals surface area contributed by atoms with Crippen molar-refractivity contribution in [2.45, 2.75) is 0 Å². The van der Waals surface area contributed by atoms with Crippen molar-refractivity contribution in [1.82, 2.24) is 20.2 Å². The second-order valence-corrected chi connectivity index (χ2v) is 6.04. The highest BCUT2D eigenvalue weighted by atomic mass is 35.5. The topological polar surface area (TPSA) is 78.4 Å². The molecule has 1 aliphatic rings. The number of nitrogens with one attached hydrogen (secondary N) is 1. The molecule has 130 valence electrons. The van der Waals surface area contributed by atoms with Crippen LogP contribution in [0.3, 0.4) is 0 Å². The third-order valence-electron chi connectivity index (χ3n) is 3.97. The van der Waals surface area contributed by atoms with Crippen LogP contribution in [0.25, 0.3) is 0 Å². The highest BCUT2D eigenvalue weighted by Crippen LogP contribution is 2.10. The molecule has 1 fully saturated rings. The molecular weight excluding hydrogens is 342 g/mol. The lowest BCUT2D eigenvalue weighted by molar-refractivity contribution is -0.130. The predicted molar refractivity (Wildman–Crippen MR) is 94.6 cm³/mol. The number of hydrogen-bond acceptors (Lipinski definition) is 5. The number of carbonyl (C=O) groups excluding carboxylic acids is 2. The molecule has 0 unspecified atom stereocenters. The van der Waals surface area contributed by atoms with Crippen LogP contribution in [0.2, 0.25) is 5.02 Å². The summed E-state index contributed by atoms with van der Waals surface area (Å²) in [4.78, 5) is 36.5. The normalized spacial score (nSPS) is 14.3. The van der Waals surface area contributed by atoms with Crippen LogP contribution in [0.5, 0.6) is 0 Å². The maximum Gasteiger partial charge on any atom is 0.251 e. The highest BCUT2D eigenvalue weighted by molar-refractivity contribution is 6.30. The van der Waals surface area contributed by atoms with Gasteiger partial charge in [-0.15, -0.1) is 0 Å². The van der Waals surface area contributed by atoms with Crippen LogP contribution in [0, 0.1) is 0 Å². The second kappa shape index (κ2) is 7.94. The molecule has 0 spiro atoms. The van der Waals surface area contributed by atoms with Crippen LogP contribution < -0.4 is 10.2 Å². The predicted octanol–water partition coefficient (Wildman–Crippen LogP) is 1.21. The Morgan fingerprint density at radius 2 is 1.68 bits per heavy atom. The molecule has 8 heteroatoms. The molecule has 1 aliphatic heterocycles. The number of hydrogen-bond donors (Lipinski definition) is 1. The van der Waals surface area contributed by atoms with E-state index >= 15 is 0 Å². The van der Waals surface area contributed by atoms with Gasteiger partial charge in [0.25, 0.3) is 5.91 Å². The van der Waals surface area contributed by atoms with Crippen LogP contribution in [-0.2, 0) is 4.79 Å². The number of carbonyl (C=O) groups is 2. The summed E-state index contributed by atoms with van der Waals surface area (Å²) in [7, 11) is 0. The average molecular weight is 360 g/mol. The summed E-state index contributed by atoms with van der Waals surface area (Å²) >= 11 is 5.80. The fraction of sp³-hybridized carbons (Fsp3) is 0.294. The lowest BCUT2D eigenvalue weighted by Crippen LogP contribution is -2.51. The van der Waals surface area contributed by atoms with Gasteiger partial charge < -0.3 is 15.1 Å². The maximum absolute atomic E-state index is 12.3. The number of piperazine rings is 1. The van der Waals surface area contributed by atoms with Gasteiger partial charge in [0.15, 0.2) is 0 Å². The fourth-order valence-electron chi connectivity index (χ4n) is 2.58. The molecule has 1 aromatic carbocycles. The minimum absolute atomic E-state index is 0.0245. The van der Waals surface area contributed by atoms with E-state index < -0.39 is 0 Å². The first-order valence-electron chi connectivity index (χ1n) is 7.97. The highest BCUT2D eigenvalue weighted by Gasteiger charge is 2.22. The molecule has 2 amide bonds. The van der Waals surface area contributed by atoms with Crippen LogP contribution in [0.4, 0.5) is 5.95 Å². The van der Waals surface area contributed by atoms with E-state index in [1.807, 2.05) is 4.90 Å². The van der Waals surface area contributed by atoms with Gasteiger partial charge in [-0.3, -0.25) is 9.59 Å². The molecule has 0 bridgehead atoms. The van der Waals surface area contributed by atoms with E-state index in [2.05, 4.69) is 15.3 Å². The van der Waals surface area contributed by atoms with Crippen molar-refractivity contribution >= 4 is 29.4 Å². The van der Waals surface area contributed by atoms with E-state index in [1.165, 1.54) is 0 Å². The molecule has 1 saturated heterocycles. The van der Waals surface area contributed by atoms with Gasteiger partial charge in [0, 0.05) is 49.2 Å². The Balaban J connectivity index is 1.46. The van der Waals surface area contributed by atoms with E-state index in [-0.39, 0.29) is 18.4 Å². The number of aromatic nitrogens is 2. The van der Waals surface area contributed by atoms with E-state index in [0.717, 1.165) is 0 Å². The summed E-state index contributed by atoms with van der Waals surface area (Å²) in [6, 6.07) is 8.31. The molecule has 25 heavy (non-hydrogen) atoms. The Bertz CT molecular complexity index is 730. The molecule has 3 rings (SSSR count). The summed E-state index contributed by atoms with van der Waals surface area (Å²) in [5.74, 6) is 0.280. The van der Waals surface area contributed by atoms with Crippen molar-refractivity contribution < 1.29 is 9.59 Å². The van der Waals surface area contributed by atoms with E-state index in [9.17, 15) is 9.59 Å². The van der Waals surface area contributed by atoms with Crippen LogP contribution >= 0.6 is 11.6 Å². The Hall–Kier alpha value is -2.67. The van der Waals surface area contributed by atoms with Crippen molar-refractivity contribution in [3.8, 4) is 0 Å². The molecule has 0 saturated carbocycles. The van der Waals surface area contributed by atoms with Crippen LogP contribution in [0.15, 0.2) is 42.7 Å². The van der Waals surface area contributed by atoms with Gasteiger partial charge in [-0.2, -0.15) is 0 Å². The fourth-order valence-corrected chi connectivity index (χ4v) is 2.71. The number of halogens is 1. The Morgan fingerprint density at radius 3 is 2.32 bits per heavy atom. The summed E-state index contributed by atoms with van der Waals surface area (Å²) in [5, 5.41) is 3.21. The van der Waals surface area contributed by atoms with Crippen molar-refractivity contribution in [2.75, 3.05) is 37.6 Å². The van der Waals surface area contributed by atoms with Crippen molar-refractivity contribution in [2.24, 2.45) is 0 Å². The number of rotatable bonds is 4. The smallest absolute Gasteiger partial charge is 0.251 e. The van der Waals surface area contributed by atoms with Crippen molar-refractivity contribution in [3.05, 3.63) is 53.3 Å². The quantitative estimate of drug-likeness (QED) is 0.887. The first kappa shape index (κ1) is 17.2. The van der Waals surface area contributed by atoms with Crippen molar-refractivity contribution in [1.29, 1.82) is 0 Å². The van der Waals surface area contributed by atoms with Gasteiger partial charge >= 0.3 is 0 Å². The van der Waals surface area contributed by atoms with Gasteiger partial charge in [-0.25, -0.2) is 9.97 Å². The average Bonchev–Trinajstić information content (AvgIpc) is 2.67. The molecule has 1 N–H and O–H groups in total. The van der Waals surface area contributed by atoms with Gasteiger partial charge in [0.05, 0.1) is 6.54 Å². The molecule has 2 heterocycles. The van der Waals surface area contributed by atoms with E-state index in [1.54, 1.807) is 47.6 Å². The number of amides is 2. The minimum atomic E-state index is -0.290. The third-order valence-corrected chi connectivity index (χ3v) is 4.23. The standard InChI is InChI=1S/C17H18ClN5O2/c18-14-4-2-13(3-5-14)16(25)21-12-15(24)22-8-10-23(11-9-22)17-19-6-1-7-20-17/h1-7H,8-12H2,(H,21,25). The first-order chi connectivity index (χ1) is 12.1. The minimum Gasteiger partial charge on any atom is -0.343 e. The summed E-state index contributed by atoms with van der Waals surface area (Å²) in [5.41, 5.74) is 0.475. The van der Waals surface area contributed by atoms with E-state index in [0.29, 0.717) is 42.7 Å². The maximum atomic E-state index is 12.3. The lowest BCUT2D eigenvalue weighted by atomic mass is 10.2. The monoisotopic (exact) mass is 359 g/mol. The largest absolute Gasteiger partial charge is 0.343 e. The second-order valence-electron chi connectivity index (χ2n) is 5.61. The first-order valence-corrected chi connectivity index (χ1v) is 8.35. The SMILES string of the molecule is O=C(NCC(=O)N1CCN(c2ncccn2)CC1)c1ccc(Cl)cc1. The molecule has 0 aliphatic carbocycles. The molecule has 2 aromatic rings. The van der Waals surface area contributed by atoms with E-state index in [4.69, 9.17) is 11.6 Å². The van der Waals surface area contributed by atoms with Gasteiger partial charge in [0.1, 0.15) is 0 Å². The summed E-state index contributed by atoms with van der Waals surface area (Å²) in [6.07, 6.45) is 3.40. The molecule has 0 radical (unpaired) electrons. The van der Waals surface area contributed by atoms with Gasteiger partial charge in [-0.05, 0) is 30.3 Å². The number of nitrogens with zero attached hydrogens (tertiary/aromatic N) is 4. The van der Waals surface area contributed by atoms with Crippen LogP contribution in [-0.4, -0.2) is 59.4 Å². The Kier molecular flexibility index (Phi) is 5.45. The Morgan fingerprint density at radius 1 is 1.04 bits per heavy atom. The zero-order valence-electron chi connectivity index (χ0n) is 13.6.